The first-order valence-corrected chi connectivity index (χ1v) is 8.78. The van der Waals surface area contributed by atoms with Gasteiger partial charge in [-0.25, -0.2) is 4.39 Å². The fraction of sp³-hybridized carbons (Fsp3) is 0.263. The zero-order chi connectivity index (χ0) is 20.5. The molecule has 0 spiro atoms. The van der Waals surface area contributed by atoms with E-state index in [0.717, 1.165) is 11.6 Å². The molecular weight excluding hydrogens is 385 g/mol. The van der Waals surface area contributed by atoms with E-state index < -0.39 is 11.7 Å². The lowest BCUT2D eigenvalue weighted by molar-refractivity contribution is 0.0943. The van der Waals surface area contributed by atoms with Gasteiger partial charge in [-0.1, -0.05) is 6.07 Å². The summed E-state index contributed by atoms with van der Waals surface area (Å²) >= 11 is 5.12. The third-order valence-corrected chi connectivity index (χ3v) is 4.10. The van der Waals surface area contributed by atoms with Crippen molar-refractivity contribution in [1.29, 1.82) is 0 Å². The van der Waals surface area contributed by atoms with Crippen LogP contribution in [0.3, 0.4) is 0 Å². The van der Waals surface area contributed by atoms with Gasteiger partial charge in [-0.2, -0.15) is 0 Å². The lowest BCUT2D eigenvalue weighted by Crippen LogP contribution is -2.47. The van der Waals surface area contributed by atoms with Gasteiger partial charge in [0.1, 0.15) is 0 Å². The summed E-state index contributed by atoms with van der Waals surface area (Å²) in [4.78, 5) is 12.0. The van der Waals surface area contributed by atoms with Gasteiger partial charge in [-0.3, -0.25) is 15.6 Å². The molecule has 28 heavy (non-hydrogen) atoms. The summed E-state index contributed by atoms with van der Waals surface area (Å²) < 4.78 is 28.9. The maximum absolute atomic E-state index is 13.7. The molecule has 0 bridgehead atoms. The predicted molar refractivity (Wildman–Crippen MR) is 107 cm³/mol. The van der Waals surface area contributed by atoms with E-state index >= 15 is 0 Å². The zero-order valence-corrected chi connectivity index (χ0v) is 16.6. The molecule has 0 saturated heterocycles. The van der Waals surface area contributed by atoms with E-state index in [9.17, 15) is 9.18 Å². The van der Waals surface area contributed by atoms with Crippen molar-refractivity contribution in [3.05, 3.63) is 53.3 Å². The number of thiocarbonyl (C=S) groups is 1. The number of rotatable bonds is 7. The van der Waals surface area contributed by atoms with Crippen LogP contribution in [0.1, 0.15) is 15.9 Å². The molecule has 0 aliphatic heterocycles. The average molecular weight is 407 g/mol. The fourth-order valence-electron chi connectivity index (χ4n) is 2.39. The Balaban J connectivity index is 1.78. The normalized spacial score (nSPS) is 10.0. The Labute approximate surface area is 168 Å². The third kappa shape index (κ3) is 5.71. The molecule has 0 aliphatic carbocycles. The first-order chi connectivity index (χ1) is 13.5. The highest BCUT2D eigenvalue weighted by Gasteiger charge is 2.10. The van der Waals surface area contributed by atoms with Crippen LogP contribution < -0.4 is 30.4 Å². The summed E-state index contributed by atoms with van der Waals surface area (Å²) in [6.07, 6.45) is 0.680. The molecule has 7 nitrogen and oxygen atoms in total. The highest BCUT2D eigenvalue weighted by molar-refractivity contribution is 7.80. The summed E-state index contributed by atoms with van der Waals surface area (Å²) in [7, 11) is 4.51. The molecule has 0 aromatic heterocycles. The van der Waals surface area contributed by atoms with Crippen molar-refractivity contribution in [1.82, 2.24) is 16.2 Å². The van der Waals surface area contributed by atoms with Gasteiger partial charge in [0.15, 0.2) is 28.2 Å². The van der Waals surface area contributed by atoms with E-state index in [1.165, 1.54) is 19.2 Å². The lowest BCUT2D eigenvalue weighted by Gasteiger charge is -2.13. The third-order valence-electron chi connectivity index (χ3n) is 3.85. The van der Waals surface area contributed by atoms with Gasteiger partial charge >= 0.3 is 0 Å². The number of ether oxygens (including phenoxy) is 3. The number of hydrogen-bond acceptors (Lipinski definition) is 5. The SMILES string of the molecule is COc1ccc(C(=O)NNC(=S)NCCc2ccc(OC)c(OC)c2)cc1F. The highest BCUT2D eigenvalue weighted by Crippen LogP contribution is 2.27. The molecule has 0 fully saturated rings. The molecule has 0 unspecified atom stereocenters. The summed E-state index contributed by atoms with van der Waals surface area (Å²) in [5, 5.41) is 3.21. The van der Waals surface area contributed by atoms with Crippen LogP contribution in [-0.4, -0.2) is 38.9 Å². The van der Waals surface area contributed by atoms with E-state index in [1.54, 1.807) is 14.2 Å². The minimum Gasteiger partial charge on any atom is -0.494 e. The lowest BCUT2D eigenvalue weighted by atomic mass is 10.1. The van der Waals surface area contributed by atoms with Gasteiger partial charge in [-0.05, 0) is 54.5 Å². The monoisotopic (exact) mass is 407 g/mol. The number of nitrogens with one attached hydrogen (secondary N) is 3. The van der Waals surface area contributed by atoms with Crippen LogP contribution in [-0.2, 0) is 6.42 Å². The largest absolute Gasteiger partial charge is 0.494 e. The average Bonchev–Trinajstić information content (AvgIpc) is 2.71. The first kappa shape index (κ1) is 21.2. The first-order valence-electron chi connectivity index (χ1n) is 8.37. The second kappa shape index (κ2) is 10.3. The second-order valence-electron chi connectivity index (χ2n) is 5.62. The quantitative estimate of drug-likeness (QED) is 0.480. The number of benzene rings is 2. The molecule has 9 heteroatoms. The van der Waals surface area contributed by atoms with Crippen molar-refractivity contribution in [2.45, 2.75) is 6.42 Å². The molecule has 2 rings (SSSR count). The standard InChI is InChI=1S/C19H22FN3O4S/c1-25-15-7-5-13(11-14(15)20)18(24)22-23-19(28)21-9-8-12-4-6-16(26-2)17(10-12)27-3/h4-7,10-11H,8-9H2,1-3H3,(H,22,24)(H2,21,23,28). The van der Waals surface area contributed by atoms with E-state index in [2.05, 4.69) is 16.2 Å². The molecule has 1 amide bonds. The molecule has 2 aromatic rings. The van der Waals surface area contributed by atoms with Crippen LogP contribution in [0.15, 0.2) is 36.4 Å². The van der Waals surface area contributed by atoms with Gasteiger partial charge in [0.05, 0.1) is 21.3 Å². The number of methoxy groups -OCH3 is 3. The maximum atomic E-state index is 13.7. The van der Waals surface area contributed by atoms with E-state index in [1.807, 2.05) is 18.2 Å². The Morgan fingerprint density at radius 3 is 2.29 bits per heavy atom. The van der Waals surface area contributed by atoms with Crippen molar-refractivity contribution in [2.75, 3.05) is 27.9 Å². The maximum Gasteiger partial charge on any atom is 0.269 e. The minimum atomic E-state index is -0.620. The van der Waals surface area contributed by atoms with Crippen molar-refractivity contribution in [2.24, 2.45) is 0 Å². The number of carbonyl (C=O) groups is 1. The van der Waals surface area contributed by atoms with Crippen LogP contribution in [0.25, 0.3) is 0 Å². The molecule has 150 valence electrons. The molecule has 0 heterocycles. The van der Waals surface area contributed by atoms with Gasteiger partial charge in [0, 0.05) is 12.1 Å². The molecule has 0 aliphatic rings. The molecular formula is C19H22FN3O4S. The Kier molecular flexibility index (Phi) is 7.82. The van der Waals surface area contributed by atoms with Crippen LogP contribution in [0.4, 0.5) is 4.39 Å². The minimum absolute atomic E-state index is 0.0665. The number of hydrazine groups is 1. The van der Waals surface area contributed by atoms with Crippen LogP contribution in [0.2, 0.25) is 0 Å². The smallest absolute Gasteiger partial charge is 0.269 e. The second-order valence-corrected chi connectivity index (χ2v) is 6.03. The molecule has 0 radical (unpaired) electrons. The predicted octanol–water partition coefficient (Wildman–Crippen LogP) is 2.20. The number of halogens is 1. The summed E-state index contributed by atoms with van der Waals surface area (Å²) in [5.74, 6) is 0.238. The highest BCUT2D eigenvalue weighted by atomic mass is 32.1. The van der Waals surface area contributed by atoms with Gasteiger partial charge in [0.25, 0.3) is 5.91 Å². The Morgan fingerprint density at radius 1 is 0.964 bits per heavy atom. The van der Waals surface area contributed by atoms with Crippen LogP contribution >= 0.6 is 12.2 Å². The summed E-state index contributed by atoms with van der Waals surface area (Å²) in [6.45, 7) is 0.536. The van der Waals surface area contributed by atoms with Crippen molar-refractivity contribution in [3.8, 4) is 17.2 Å². The molecule has 3 N–H and O–H groups in total. The molecule has 0 saturated carbocycles. The Morgan fingerprint density at radius 2 is 1.64 bits per heavy atom. The number of amides is 1. The number of hydrogen-bond donors (Lipinski definition) is 3. The Hall–Kier alpha value is -3.07. The van der Waals surface area contributed by atoms with E-state index in [-0.39, 0.29) is 16.4 Å². The van der Waals surface area contributed by atoms with Crippen molar-refractivity contribution < 1.29 is 23.4 Å². The van der Waals surface area contributed by atoms with Gasteiger partial charge in [-0.15, -0.1) is 0 Å². The van der Waals surface area contributed by atoms with Crippen LogP contribution in [0, 0.1) is 5.82 Å². The van der Waals surface area contributed by atoms with E-state index in [0.29, 0.717) is 24.5 Å². The summed E-state index contributed by atoms with van der Waals surface area (Å²) in [5.41, 5.74) is 6.16. The van der Waals surface area contributed by atoms with E-state index in [4.69, 9.17) is 26.4 Å². The fourth-order valence-corrected chi connectivity index (χ4v) is 2.55. The number of carbonyl (C=O) groups excluding carboxylic acids is 1. The van der Waals surface area contributed by atoms with Gasteiger partial charge in [0.2, 0.25) is 0 Å². The van der Waals surface area contributed by atoms with Crippen molar-refractivity contribution >= 4 is 23.2 Å². The Bertz CT molecular complexity index is 848. The molecule has 2 aromatic carbocycles. The molecule has 0 atom stereocenters. The topological polar surface area (TPSA) is 80.9 Å². The van der Waals surface area contributed by atoms with Gasteiger partial charge < -0.3 is 19.5 Å². The van der Waals surface area contributed by atoms with Crippen LogP contribution in [0.5, 0.6) is 17.2 Å². The van der Waals surface area contributed by atoms with Crippen molar-refractivity contribution in [3.63, 3.8) is 0 Å². The summed E-state index contributed by atoms with van der Waals surface area (Å²) in [6, 6.07) is 9.56. The zero-order valence-electron chi connectivity index (χ0n) is 15.8.